The molecule has 3 aliphatic rings. The van der Waals surface area contributed by atoms with E-state index >= 15 is 0 Å². The molecule has 4 atom stereocenters. The summed E-state index contributed by atoms with van der Waals surface area (Å²) in [6.45, 7) is 25.3. The van der Waals surface area contributed by atoms with Gasteiger partial charge >= 0.3 is 18.3 Å². The van der Waals surface area contributed by atoms with Gasteiger partial charge in [0.05, 0.1) is 12.0 Å². The van der Waals surface area contributed by atoms with Crippen LogP contribution < -0.4 is 0 Å². The van der Waals surface area contributed by atoms with Crippen molar-refractivity contribution in [2.24, 2.45) is 11.3 Å². The van der Waals surface area contributed by atoms with E-state index in [4.69, 9.17) is 14.2 Å². The predicted molar refractivity (Wildman–Crippen MR) is 333 cm³/mol. The van der Waals surface area contributed by atoms with E-state index in [1.165, 1.54) is 20.3 Å². The first-order valence-electron chi connectivity index (χ1n) is 29.3. The van der Waals surface area contributed by atoms with Crippen LogP contribution in [-0.2, 0) is 52.7 Å². The lowest BCUT2D eigenvalue weighted by atomic mass is 9.81. The lowest BCUT2D eigenvalue weighted by Crippen LogP contribution is -2.44. The fourth-order valence-electron chi connectivity index (χ4n) is 10.5. The second-order valence-corrected chi connectivity index (χ2v) is 26.1. The Morgan fingerprint density at radius 1 is 0.435 bits per heavy atom. The molecule has 85 heavy (non-hydrogen) atoms. The second-order valence-electron chi connectivity index (χ2n) is 26.1. The van der Waals surface area contributed by atoms with Crippen molar-refractivity contribution in [1.82, 2.24) is 14.7 Å². The highest BCUT2D eigenvalue weighted by molar-refractivity contribution is 6.09. The molecule has 6 aromatic rings. The Kier molecular flexibility index (Phi) is 20.4. The molecule has 6 aromatic carbocycles. The normalized spacial score (nSPS) is 18.0. The topological polar surface area (TPSA) is 157 Å². The van der Waals surface area contributed by atoms with Crippen molar-refractivity contribution < 1.29 is 47.8 Å². The largest absolute Gasteiger partial charge is 0.443 e. The van der Waals surface area contributed by atoms with Crippen molar-refractivity contribution in [2.75, 3.05) is 0 Å². The summed E-state index contributed by atoms with van der Waals surface area (Å²) in [6, 6.07) is 54.2. The quantitative estimate of drug-likeness (QED) is 0.0735. The molecule has 0 aliphatic carbocycles. The molecule has 446 valence electrons. The summed E-state index contributed by atoms with van der Waals surface area (Å²) in [6.07, 6.45) is 1.76. The number of carbonyl (C=O) groups excluding carboxylic acids is 7. The molecular weight excluding hydrogens is 1070 g/mol. The Hall–Kier alpha value is -8.45. The fraction of sp³-hybridized carbons (Fsp3) is 0.375. The van der Waals surface area contributed by atoms with E-state index in [2.05, 4.69) is 79.4 Å². The van der Waals surface area contributed by atoms with E-state index in [9.17, 15) is 33.6 Å². The van der Waals surface area contributed by atoms with Gasteiger partial charge in [-0.05, 0) is 151 Å². The maximum Gasteiger partial charge on any atom is 0.417 e. The van der Waals surface area contributed by atoms with Crippen LogP contribution in [-0.4, -0.2) is 91.4 Å². The molecule has 1 unspecified atom stereocenters. The number of carbonyl (C=O) groups is 7. The average Bonchev–Trinajstić information content (AvgIpc) is 3.56. The van der Waals surface area contributed by atoms with Crippen molar-refractivity contribution in [3.8, 4) is 33.4 Å². The van der Waals surface area contributed by atoms with Gasteiger partial charge in [-0.15, -0.1) is 0 Å². The number of amides is 6. The van der Waals surface area contributed by atoms with E-state index < -0.39 is 58.4 Å². The van der Waals surface area contributed by atoms with Crippen molar-refractivity contribution in [2.45, 2.75) is 163 Å². The van der Waals surface area contributed by atoms with Crippen molar-refractivity contribution in [3.63, 3.8) is 0 Å². The first kappa shape index (κ1) is 64.1. The molecule has 9 rings (SSSR count). The number of imide groups is 3. The highest BCUT2D eigenvalue weighted by atomic mass is 16.6. The number of rotatable bonds is 10. The maximum absolute atomic E-state index is 13.2. The highest BCUT2D eigenvalue weighted by Gasteiger charge is 2.50. The summed E-state index contributed by atoms with van der Waals surface area (Å²) >= 11 is 0. The van der Waals surface area contributed by atoms with Crippen LogP contribution in [0.15, 0.2) is 176 Å². The molecule has 13 heteroatoms. The number of ether oxygens (including phenoxy) is 3. The first-order chi connectivity index (χ1) is 39.9. The van der Waals surface area contributed by atoms with Crippen LogP contribution in [0.2, 0.25) is 0 Å². The Morgan fingerprint density at radius 2 is 0.765 bits per heavy atom. The van der Waals surface area contributed by atoms with Crippen LogP contribution in [0.25, 0.3) is 33.4 Å². The third-order valence-corrected chi connectivity index (χ3v) is 14.5. The van der Waals surface area contributed by atoms with E-state index in [0.29, 0.717) is 50.5 Å². The minimum absolute atomic E-state index is 0.139. The number of benzene rings is 6. The number of hydrogen-bond donors (Lipinski definition) is 0. The Morgan fingerprint density at radius 3 is 1.13 bits per heavy atom. The minimum atomic E-state index is -0.823. The van der Waals surface area contributed by atoms with Gasteiger partial charge in [0.15, 0.2) is 5.78 Å². The summed E-state index contributed by atoms with van der Waals surface area (Å²) in [7, 11) is 0. The van der Waals surface area contributed by atoms with E-state index in [-0.39, 0.29) is 29.7 Å². The van der Waals surface area contributed by atoms with Crippen molar-refractivity contribution >= 4 is 41.8 Å². The standard InChI is InChI=1S/C27H33NO4.C23H25NO3.C22H25NO3/c1-26(2,3)23(29)22-17-21(28(24(22)30)25(31)32-27(4,5)6)16-18-12-14-20(15-13-18)19-10-8-7-9-11-19;1-16-14-20(24(21(16)25)22(26)27-23(2,3)4)15-17-10-12-19(13-11-17)18-8-6-5-7-9-18;1-22(2,3)26-21(25)23-19(13-14-20(23)24)15-16-9-11-18(12-10-16)17-7-5-4-6-8-17/h7-15,21-22H,16-17H2,1-6H3;5-13,20H,1,14-15H2,2-4H3;4-12,19H,13-15H2,1-3H3/t21-,22?;20-;19-/m100/s1. The molecule has 3 saturated heterocycles. The molecule has 0 aromatic heterocycles. The summed E-state index contributed by atoms with van der Waals surface area (Å²) in [5.74, 6) is -1.90. The molecule has 0 radical (unpaired) electrons. The number of Topliss-reactive ketones (excluding diaryl/α,β-unsaturated/α-hetero) is 1. The Labute approximate surface area is 502 Å². The highest BCUT2D eigenvalue weighted by Crippen LogP contribution is 2.36. The van der Waals surface area contributed by atoms with Gasteiger partial charge in [0.25, 0.3) is 5.91 Å². The molecule has 3 fully saturated rings. The zero-order chi connectivity index (χ0) is 62.0. The van der Waals surface area contributed by atoms with E-state index in [1.54, 1.807) is 62.3 Å². The molecule has 0 N–H and O–H groups in total. The lowest BCUT2D eigenvalue weighted by Gasteiger charge is -2.27. The monoisotopic (exact) mass is 1150 g/mol. The minimum Gasteiger partial charge on any atom is -0.443 e. The number of ketones is 1. The Balaban J connectivity index is 0.000000184. The van der Waals surface area contributed by atoms with Gasteiger partial charge in [-0.1, -0.05) is 191 Å². The van der Waals surface area contributed by atoms with Gasteiger partial charge in [-0.25, -0.2) is 29.1 Å². The molecule has 3 heterocycles. The number of likely N-dealkylation sites (tertiary alicyclic amines) is 3. The lowest BCUT2D eigenvalue weighted by molar-refractivity contribution is -0.140. The Bertz CT molecular complexity index is 3310. The van der Waals surface area contributed by atoms with Crippen molar-refractivity contribution in [3.05, 3.63) is 193 Å². The smallest absolute Gasteiger partial charge is 0.417 e. The zero-order valence-electron chi connectivity index (χ0n) is 51.5. The molecular formula is C72H83N3O10. The first-order valence-corrected chi connectivity index (χ1v) is 29.3. The summed E-state index contributed by atoms with van der Waals surface area (Å²) in [5, 5.41) is 0. The van der Waals surface area contributed by atoms with E-state index in [1.807, 2.05) is 112 Å². The number of nitrogens with zero attached hydrogens (tertiary/aromatic N) is 3. The molecule has 13 nitrogen and oxygen atoms in total. The molecule has 0 saturated carbocycles. The molecule has 0 spiro atoms. The predicted octanol–water partition coefficient (Wildman–Crippen LogP) is 15.5. The van der Waals surface area contributed by atoms with Crippen LogP contribution in [0.1, 0.15) is 125 Å². The van der Waals surface area contributed by atoms with Crippen LogP contribution in [0, 0.1) is 11.3 Å². The van der Waals surface area contributed by atoms with Gasteiger partial charge in [0.2, 0.25) is 11.8 Å². The third-order valence-electron chi connectivity index (χ3n) is 14.5. The van der Waals surface area contributed by atoms with Crippen LogP contribution >= 0.6 is 0 Å². The summed E-state index contributed by atoms with van der Waals surface area (Å²) in [4.78, 5) is 92.1. The van der Waals surface area contributed by atoms with Crippen LogP contribution in [0.5, 0.6) is 0 Å². The third kappa shape index (κ3) is 17.8. The zero-order valence-corrected chi connectivity index (χ0v) is 51.5. The number of hydrogen-bond acceptors (Lipinski definition) is 10. The van der Waals surface area contributed by atoms with E-state index in [0.717, 1.165) is 44.5 Å². The summed E-state index contributed by atoms with van der Waals surface area (Å²) in [5.41, 5.74) is 7.82. The maximum atomic E-state index is 13.2. The average molecular weight is 1150 g/mol. The van der Waals surface area contributed by atoms with Crippen LogP contribution in [0.3, 0.4) is 0 Å². The fourth-order valence-corrected chi connectivity index (χ4v) is 10.5. The van der Waals surface area contributed by atoms with Gasteiger partial charge in [0, 0.05) is 29.5 Å². The SMILES string of the molecule is C=C1C[C@@H](Cc2ccc(-c3ccccc3)cc2)N(C(=O)OC(C)(C)C)C1=O.CC(C)(C)OC(=O)N1C(=O)C(C(=O)C(C)(C)C)C[C@H]1Cc1ccc(-c2ccccc2)cc1.CC(C)(C)OC(=O)N1C(=O)CC[C@H]1Cc1ccc(-c2ccccc2)cc1. The van der Waals surface area contributed by atoms with Gasteiger partial charge in [0.1, 0.15) is 16.8 Å². The van der Waals surface area contributed by atoms with Gasteiger partial charge in [-0.3, -0.25) is 19.2 Å². The molecule has 3 aliphatic heterocycles. The molecule has 0 bridgehead atoms. The summed E-state index contributed by atoms with van der Waals surface area (Å²) < 4.78 is 16.3. The van der Waals surface area contributed by atoms with Gasteiger partial charge in [-0.2, -0.15) is 0 Å². The van der Waals surface area contributed by atoms with Gasteiger partial charge < -0.3 is 14.2 Å². The van der Waals surface area contributed by atoms with Crippen molar-refractivity contribution in [1.29, 1.82) is 0 Å². The molecule has 6 amide bonds. The second kappa shape index (κ2) is 27.1. The van der Waals surface area contributed by atoms with Crippen LogP contribution in [0.4, 0.5) is 14.4 Å².